The maximum atomic E-state index is 12.8. The molecule has 1 amide bonds. The van der Waals surface area contributed by atoms with Crippen LogP contribution in [-0.4, -0.2) is 31.8 Å². The summed E-state index contributed by atoms with van der Waals surface area (Å²) in [5, 5.41) is 16.4. The molecular weight excluding hydrogens is 392 g/mol. The molecule has 8 nitrogen and oxygen atoms in total. The molecule has 31 heavy (non-hydrogen) atoms. The number of fused-ring (bicyclic) bond motifs is 1. The number of nitriles is 1. The Bertz CT molecular complexity index is 1350. The molecule has 2 aromatic carbocycles. The van der Waals surface area contributed by atoms with Crippen LogP contribution in [0.15, 0.2) is 65.8 Å². The summed E-state index contributed by atoms with van der Waals surface area (Å²) < 4.78 is 3.15. The lowest BCUT2D eigenvalue weighted by Gasteiger charge is -2.08. The summed E-state index contributed by atoms with van der Waals surface area (Å²) in [4.78, 5) is 29.5. The number of aryl methyl sites for hydroxylation is 1. The number of nitrogens with zero attached hydrogens (tertiary/aromatic N) is 5. The monoisotopic (exact) mass is 412 g/mol. The first-order chi connectivity index (χ1) is 15.0. The van der Waals surface area contributed by atoms with Gasteiger partial charge in [0.15, 0.2) is 5.65 Å². The summed E-state index contributed by atoms with van der Waals surface area (Å²) in [5.41, 5.74) is 3.35. The quantitative estimate of drug-likeness (QED) is 0.523. The average molecular weight is 412 g/mol. The van der Waals surface area contributed by atoms with E-state index in [1.54, 1.807) is 27.4 Å². The Morgan fingerprint density at radius 1 is 1.19 bits per heavy atom. The number of amides is 1. The Labute approximate surface area is 178 Å². The van der Waals surface area contributed by atoms with Gasteiger partial charge in [-0.2, -0.15) is 10.4 Å². The first-order valence-electron chi connectivity index (χ1n) is 9.80. The minimum Gasteiger partial charge on any atom is -0.350 e. The van der Waals surface area contributed by atoms with Gasteiger partial charge in [0.1, 0.15) is 11.7 Å². The number of aromatic nitrogens is 4. The number of rotatable bonds is 6. The van der Waals surface area contributed by atoms with Crippen molar-refractivity contribution in [1.29, 1.82) is 5.26 Å². The van der Waals surface area contributed by atoms with Crippen LogP contribution in [0.2, 0.25) is 0 Å². The summed E-state index contributed by atoms with van der Waals surface area (Å²) >= 11 is 0. The van der Waals surface area contributed by atoms with E-state index in [9.17, 15) is 9.59 Å². The molecule has 2 aromatic heterocycles. The molecule has 0 radical (unpaired) electrons. The molecule has 0 saturated heterocycles. The van der Waals surface area contributed by atoms with Gasteiger partial charge in [0.25, 0.3) is 11.5 Å². The third kappa shape index (κ3) is 4.36. The lowest BCUT2D eigenvalue weighted by Crippen LogP contribution is -2.27. The van der Waals surface area contributed by atoms with E-state index < -0.39 is 0 Å². The highest BCUT2D eigenvalue weighted by Gasteiger charge is 2.11. The number of hydrogen-bond acceptors (Lipinski definition) is 5. The van der Waals surface area contributed by atoms with E-state index in [4.69, 9.17) is 5.26 Å². The zero-order chi connectivity index (χ0) is 21.8. The molecule has 154 valence electrons. The van der Waals surface area contributed by atoms with Crippen LogP contribution in [0.5, 0.6) is 0 Å². The molecule has 0 aliphatic heterocycles. The van der Waals surface area contributed by atoms with Gasteiger partial charge >= 0.3 is 0 Å². The molecule has 0 spiro atoms. The van der Waals surface area contributed by atoms with Gasteiger partial charge in [-0.1, -0.05) is 35.9 Å². The molecule has 0 bridgehead atoms. The molecule has 4 aromatic rings. The van der Waals surface area contributed by atoms with Gasteiger partial charge in [-0.25, -0.2) is 9.67 Å². The second kappa shape index (κ2) is 8.63. The van der Waals surface area contributed by atoms with Crippen molar-refractivity contribution in [2.75, 3.05) is 6.54 Å². The zero-order valence-electron chi connectivity index (χ0n) is 16.9. The fourth-order valence-electron chi connectivity index (χ4n) is 3.27. The predicted octanol–water partition coefficient (Wildman–Crippen LogP) is 2.25. The fraction of sp³-hybridized carbons (Fsp3) is 0.174. The number of nitrogens with one attached hydrogen (secondary N) is 1. The van der Waals surface area contributed by atoms with Gasteiger partial charge < -0.3 is 5.32 Å². The Kier molecular flexibility index (Phi) is 5.58. The van der Waals surface area contributed by atoms with Crippen LogP contribution in [-0.2, 0) is 13.1 Å². The minimum atomic E-state index is -0.276. The maximum Gasteiger partial charge on any atom is 0.264 e. The van der Waals surface area contributed by atoms with E-state index in [0.717, 1.165) is 11.1 Å². The van der Waals surface area contributed by atoms with Crippen LogP contribution in [0.1, 0.15) is 27.0 Å². The highest BCUT2D eigenvalue weighted by molar-refractivity contribution is 5.94. The van der Waals surface area contributed by atoms with Gasteiger partial charge in [-0.05, 0) is 30.7 Å². The van der Waals surface area contributed by atoms with Gasteiger partial charge in [-0.15, -0.1) is 0 Å². The van der Waals surface area contributed by atoms with E-state index in [1.807, 2.05) is 37.3 Å². The van der Waals surface area contributed by atoms with Crippen LogP contribution < -0.4 is 10.9 Å². The highest BCUT2D eigenvalue weighted by Crippen LogP contribution is 2.08. The molecule has 4 rings (SSSR count). The molecule has 8 heteroatoms. The number of benzene rings is 2. The lowest BCUT2D eigenvalue weighted by molar-refractivity contribution is 0.0952. The normalized spacial score (nSPS) is 10.7. The van der Waals surface area contributed by atoms with E-state index in [-0.39, 0.29) is 11.5 Å². The number of carbonyl (C=O) groups excluding carboxylic acids is 1. The largest absolute Gasteiger partial charge is 0.350 e. The predicted molar refractivity (Wildman–Crippen MR) is 116 cm³/mol. The number of hydrogen-bond donors (Lipinski definition) is 1. The topological polar surface area (TPSA) is 106 Å². The van der Waals surface area contributed by atoms with Crippen LogP contribution in [0.25, 0.3) is 11.0 Å². The molecule has 0 aliphatic rings. The fourth-order valence-corrected chi connectivity index (χ4v) is 3.27. The maximum absolute atomic E-state index is 12.8. The summed E-state index contributed by atoms with van der Waals surface area (Å²) in [6.45, 7) is 3.12. The zero-order valence-corrected chi connectivity index (χ0v) is 16.9. The first-order valence-corrected chi connectivity index (χ1v) is 9.80. The Morgan fingerprint density at radius 2 is 2.00 bits per heavy atom. The third-order valence-corrected chi connectivity index (χ3v) is 4.96. The van der Waals surface area contributed by atoms with Crippen molar-refractivity contribution in [2.24, 2.45) is 0 Å². The molecule has 0 aliphatic carbocycles. The molecular formula is C23H20N6O2. The SMILES string of the molecule is Cc1ccc(Cn2cnc3c(cnn3CCNC(=O)c3cccc(C#N)c3)c2=O)cc1. The Morgan fingerprint density at radius 3 is 2.77 bits per heavy atom. The highest BCUT2D eigenvalue weighted by atomic mass is 16.1. The number of carbonyl (C=O) groups is 1. The smallest absolute Gasteiger partial charge is 0.264 e. The molecule has 1 N–H and O–H groups in total. The molecule has 0 unspecified atom stereocenters. The van der Waals surface area contributed by atoms with Gasteiger partial charge in [0, 0.05) is 12.1 Å². The standard InChI is InChI=1S/C23H20N6O2/c1-16-5-7-17(8-6-16)14-28-15-26-21-20(23(28)31)13-27-29(21)10-9-25-22(30)19-4-2-3-18(11-19)12-24/h2-8,11,13,15H,9-10,14H2,1H3,(H,25,30). The average Bonchev–Trinajstić information content (AvgIpc) is 3.21. The second-order valence-corrected chi connectivity index (χ2v) is 7.22. The summed E-state index contributed by atoms with van der Waals surface area (Å²) in [6.07, 6.45) is 3.03. The lowest BCUT2D eigenvalue weighted by atomic mass is 10.1. The van der Waals surface area contributed by atoms with Crippen LogP contribution >= 0.6 is 0 Å². The van der Waals surface area contributed by atoms with Gasteiger partial charge in [0.05, 0.1) is 30.9 Å². The van der Waals surface area contributed by atoms with Crippen molar-refractivity contribution in [3.8, 4) is 6.07 Å². The van der Waals surface area contributed by atoms with E-state index in [0.29, 0.717) is 41.8 Å². The summed E-state index contributed by atoms with van der Waals surface area (Å²) in [6, 6.07) is 16.5. The molecule has 0 saturated carbocycles. The third-order valence-electron chi connectivity index (χ3n) is 4.96. The van der Waals surface area contributed by atoms with E-state index in [1.165, 1.54) is 18.6 Å². The van der Waals surface area contributed by atoms with Crippen molar-refractivity contribution < 1.29 is 4.79 Å². The summed E-state index contributed by atoms with van der Waals surface area (Å²) in [5.74, 6) is -0.276. The van der Waals surface area contributed by atoms with Crippen LogP contribution in [0.4, 0.5) is 0 Å². The van der Waals surface area contributed by atoms with Crippen molar-refractivity contribution in [1.82, 2.24) is 24.6 Å². The first kappa shape index (κ1) is 20.0. The Hall–Kier alpha value is -4.25. The summed E-state index contributed by atoms with van der Waals surface area (Å²) in [7, 11) is 0. The van der Waals surface area contributed by atoms with Crippen LogP contribution in [0.3, 0.4) is 0 Å². The van der Waals surface area contributed by atoms with Crippen molar-refractivity contribution in [2.45, 2.75) is 20.0 Å². The van der Waals surface area contributed by atoms with Gasteiger partial charge in [-0.3, -0.25) is 14.2 Å². The second-order valence-electron chi connectivity index (χ2n) is 7.22. The molecule has 0 fully saturated rings. The van der Waals surface area contributed by atoms with Crippen LogP contribution in [0, 0.1) is 18.3 Å². The van der Waals surface area contributed by atoms with Crippen molar-refractivity contribution in [3.63, 3.8) is 0 Å². The van der Waals surface area contributed by atoms with Crippen molar-refractivity contribution in [3.05, 3.63) is 93.7 Å². The van der Waals surface area contributed by atoms with E-state index in [2.05, 4.69) is 15.4 Å². The molecule has 0 atom stereocenters. The van der Waals surface area contributed by atoms with Gasteiger partial charge in [0.2, 0.25) is 0 Å². The Balaban J connectivity index is 1.45. The van der Waals surface area contributed by atoms with E-state index >= 15 is 0 Å². The van der Waals surface area contributed by atoms with Crippen molar-refractivity contribution >= 4 is 16.9 Å². The molecule has 2 heterocycles. The minimum absolute atomic E-state index is 0.158.